The van der Waals surface area contributed by atoms with Gasteiger partial charge in [-0.05, 0) is 37.5 Å². The predicted octanol–water partition coefficient (Wildman–Crippen LogP) is 1.25. The fourth-order valence-corrected chi connectivity index (χ4v) is 2.66. The third kappa shape index (κ3) is 3.59. The molecule has 1 aliphatic heterocycles. The molecule has 3 N–H and O–H groups in total. The number of rotatable bonds is 4. The standard InChI is InChI=1S/C15H18N2O4/c16-13(18)9-12-6-1-2-7-17(12)14(19)10-4-3-5-11(8-10)15(20)21/h3-5,8,12H,1-2,6-7,9H2,(H2,16,18)(H,20,21). The van der Waals surface area contributed by atoms with Crippen molar-refractivity contribution in [2.24, 2.45) is 5.73 Å². The lowest BCUT2D eigenvalue weighted by molar-refractivity contribution is -0.119. The molecular weight excluding hydrogens is 272 g/mol. The average molecular weight is 290 g/mol. The molecule has 1 aromatic carbocycles. The molecule has 0 bridgehead atoms. The Morgan fingerprint density at radius 3 is 2.62 bits per heavy atom. The zero-order valence-corrected chi connectivity index (χ0v) is 11.6. The summed E-state index contributed by atoms with van der Waals surface area (Å²) in [4.78, 5) is 36.3. The maximum atomic E-state index is 12.5. The number of likely N-dealkylation sites (tertiary alicyclic amines) is 1. The van der Waals surface area contributed by atoms with Crippen molar-refractivity contribution in [1.82, 2.24) is 4.90 Å². The molecule has 0 aliphatic carbocycles. The van der Waals surface area contributed by atoms with Crippen molar-refractivity contribution in [3.05, 3.63) is 35.4 Å². The SMILES string of the molecule is NC(=O)CC1CCCCN1C(=O)c1cccc(C(=O)O)c1. The molecule has 21 heavy (non-hydrogen) atoms. The zero-order chi connectivity index (χ0) is 15.4. The second kappa shape index (κ2) is 6.39. The number of carboxylic acid groups (broad SMARTS) is 1. The minimum absolute atomic E-state index is 0.0734. The summed E-state index contributed by atoms with van der Waals surface area (Å²) >= 11 is 0. The molecule has 2 rings (SSSR count). The monoisotopic (exact) mass is 290 g/mol. The topological polar surface area (TPSA) is 101 Å². The fourth-order valence-electron chi connectivity index (χ4n) is 2.66. The van der Waals surface area contributed by atoms with E-state index in [1.54, 1.807) is 17.0 Å². The van der Waals surface area contributed by atoms with Crippen LogP contribution in [-0.4, -0.2) is 40.4 Å². The summed E-state index contributed by atoms with van der Waals surface area (Å²) in [6.45, 7) is 0.564. The maximum absolute atomic E-state index is 12.5. The van der Waals surface area contributed by atoms with Gasteiger partial charge in [0.25, 0.3) is 5.91 Å². The molecule has 0 saturated carbocycles. The van der Waals surface area contributed by atoms with Crippen molar-refractivity contribution in [2.75, 3.05) is 6.54 Å². The highest BCUT2D eigenvalue weighted by Crippen LogP contribution is 2.22. The second-order valence-corrected chi connectivity index (χ2v) is 5.20. The number of hydrogen-bond acceptors (Lipinski definition) is 3. The van der Waals surface area contributed by atoms with Crippen molar-refractivity contribution in [3.8, 4) is 0 Å². The first-order valence-corrected chi connectivity index (χ1v) is 6.91. The van der Waals surface area contributed by atoms with E-state index in [0.29, 0.717) is 12.1 Å². The van der Waals surface area contributed by atoms with Gasteiger partial charge < -0.3 is 15.7 Å². The molecule has 6 heteroatoms. The second-order valence-electron chi connectivity index (χ2n) is 5.20. The van der Waals surface area contributed by atoms with Crippen LogP contribution in [0.15, 0.2) is 24.3 Å². The Morgan fingerprint density at radius 1 is 1.24 bits per heavy atom. The lowest BCUT2D eigenvalue weighted by Crippen LogP contribution is -2.45. The van der Waals surface area contributed by atoms with Crippen molar-refractivity contribution in [3.63, 3.8) is 0 Å². The molecule has 0 aromatic heterocycles. The summed E-state index contributed by atoms with van der Waals surface area (Å²) in [5.74, 6) is -1.75. The summed E-state index contributed by atoms with van der Waals surface area (Å²) in [5, 5.41) is 8.99. The Morgan fingerprint density at radius 2 is 1.95 bits per heavy atom. The molecule has 1 aromatic rings. The highest BCUT2D eigenvalue weighted by atomic mass is 16.4. The number of nitrogens with two attached hydrogens (primary N) is 1. The predicted molar refractivity (Wildman–Crippen MR) is 75.9 cm³/mol. The Balaban J connectivity index is 2.22. The van der Waals surface area contributed by atoms with Gasteiger partial charge in [0.05, 0.1) is 5.56 Å². The molecule has 1 atom stereocenters. The molecule has 1 unspecified atom stereocenters. The van der Waals surface area contributed by atoms with Gasteiger partial charge in [-0.15, -0.1) is 0 Å². The van der Waals surface area contributed by atoms with E-state index in [4.69, 9.17) is 10.8 Å². The minimum atomic E-state index is -1.07. The van der Waals surface area contributed by atoms with Crippen LogP contribution in [-0.2, 0) is 4.79 Å². The lowest BCUT2D eigenvalue weighted by atomic mass is 9.97. The summed E-state index contributed by atoms with van der Waals surface area (Å²) in [6, 6.07) is 5.74. The van der Waals surface area contributed by atoms with E-state index in [9.17, 15) is 14.4 Å². The van der Waals surface area contributed by atoms with Gasteiger partial charge in [0, 0.05) is 24.6 Å². The maximum Gasteiger partial charge on any atom is 0.335 e. The van der Waals surface area contributed by atoms with E-state index < -0.39 is 11.9 Å². The van der Waals surface area contributed by atoms with Gasteiger partial charge in [0.15, 0.2) is 0 Å². The van der Waals surface area contributed by atoms with Gasteiger partial charge in [0.2, 0.25) is 5.91 Å². The first-order valence-electron chi connectivity index (χ1n) is 6.91. The Kier molecular flexibility index (Phi) is 4.57. The van der Waals surface area contributed by atoms with Crippen LogP contribution in [0.1, 0.15) is 46.4 Å². The van der Waals surface area contributed by atoms with Crippen molar-refractivity contribution < 1.29 is 19.5 Å². The first kappa shape index (κ1) is 15.0. The van der Waals surface area contributed by atoms with E-state index in [1.165, 1.54) is 12.1 Å². The Bertz CT molecular complexity index is 571. The van der Waals surface area contributed by atoms with Crippen LogP contribution in [0.3, 0.4) is 0 Å². The van der Waals surface area contributed by atoms with Crippen LogP contribution in [0.4, 0.5) is 0 Å². The number of carbonyl (C=O) groups is 3. The molecular formula is C15H18N2O4. The first-order chi connectivity index (χ1) is 9.99. The fraction of sp³-hybridized carbons (Fsp3) is 0.400. The van der Waals surface area contributed by atoms with Crippen LogP contribution < -0.4 is 5.73 Å². The number of carbonyl (C=O) groups excluding carboxylic acids is 2. The molecule has 1 heterocycles. The number of benzene rings is 1. The third-order valence-electron chi connectivity index (χ3n) is 3.68. The smallest absolute Gasteiger partial charge is 0.335 e. The van der Waals surface area contributed by atoms with E-state index in [-0.39, 0.29) is 23.9 Å². The number of carboxylic acids is 1. The highest BCUT2D eigenvalue weighted by molar-refractivity contribution is 5.97. The van der Waals surface area contributed by atoms with Gasteiger partial charge in [0.1, 0.15) is 0 Å². The Hall–Kier alpha value is -2.37. The Labute approximate surface area is 122 Å². The number of nitrogens with zero attached hydrogens (tertiary/aromatic N) is 1. The van der Waals surface area contributed by atoms with E-state index >= 15 is 0 Å². The van der Waals surface area contributed by atoms with Crippen LogP contribution in [0.2, 0.25) is 0 Å². The van der Waals surface area contributed by atoms with Crippen molar-refractivity contribution in [2.45, 2.75) is 31.7 Å². The summed E-state index contributed by atoms with van der Waals surface area (Å²) in [5.41, 5.74) is 5.63. The molecule has 0 radical (unpaired) electrons. The number of piperidine rings is 1. The number of amides is 2. The lowest BCUT2D eigenvalue weighted by Gasteiger charge is -2.35. The van der Waals surface area contributed by atoms with Gasteiger partial charge in [-0.1, -0.05) is 6.07 Å². The van der Waals surface area contributed by atoms with E-state index in [2.05, 4.69) is 0 Å². The van der Waals surface area contributed by atoms with Gasteiger partial charge >= 0.3 is 5.97 Å². The molecule has 1 saturated heterocycles. The van der Waals surface area contributed by atoms with Gasteiger partial charge in [-0.3, -0.25) is 9.59 Å². The third-order valence-corrected chi connectivity index (χ3v) is 3.68. The van der Waals surface area contributed by atoms with Crippen LogP contribution >= 0.6 is 0 Å². The number of primary amides is 1. The van der Waals surface area contributed by atoms with E-state index in [1.807, 2.05) is 0 Å². The van der Waals surface area contributed by atoms with Crippen LogP contribution in [0, 0.1) is 0 Å². The van der Waals surface area contributed by atoms with Crippen molar-refractivity contribution in [1.29, 1.82) is 0 Å². The molecule has 6 nitrogen and oxygen atoms in total. The van der Waals surface area contributed by atoms with Gasteiger partial charge in [-0.2, -0.15) is 0 Å². The summed E-state index contributed by atoms with van der Waals surface area (Å²) in [7, 11) is 0. The van der Waals surface area contributed by atoms with Crippen LogP contribution in [0.5, 0.6) is 0 Å². The van der Waals surface area contributed by atoms with Crippen LogP contribution in [0.25, 0.3) is 0 Å². The molecule has 0 spiro atoms. The summed E-state index contributed by atoms with van der Waals surface area (Å²) < 4.78 is 0. The zero-order valence-electron chi connectivity index (χ0n) is 11.6. The largest absolute Gasteiger partial charge is 0.478 e. The highest BCUT2D eigenvalue weighted by Gasteiger charge is 2.28. The van der Waals surface area contributed by atoms with Gasteiger partial charge in [-0.25, -0.2) is 4.79 Å². The van der Waals surface area contributed by atoms with Crippen molar-refractivity contribution >= 4 is 17.8 Å². The number of hydrogen-bond donors (Lipinski definition) is 2. The minimum Gasteiger partial charge on any atom is -0.478 e. The van der Waals surface area contributed by atoms with E-state index in [0.717, 1.165) is 19.3 Å². The average Bonchev–Trinajstić information content (AvgIpc) is 2.46. The summed E-state index contributed by atoms with van der Waals surface area (Å²) in [6.07, 6.45) is 2.72. The number of aromatic carboxylic acids is 1. The molecule has 1 fully saturated rings. The normalized spacial score (nSPS) is 18.3. The quantitative estimate of drug-likeness (QED) is 0.871. The molecule has 2 amide bonds. The molecule has 112 valence electrons. The molecule has 1 aliphatic rings.